The normalized spacial score (nSPS) is 11.8. The van der Waals surface area contributed by atoms with Crippen LogP contribution in [0.2, 0.25) is 10.0 Å². The van der Waals surface area contributed by atoms with Gasteiger partial charge in [0.05, 0.1) is 32.6 Å². The molecule has 12 heteroatoms. The van der Waals surface area contributed by atoms with Gasteiger partial charge in [0.15, 0.2) is 0 Å². The van der Waals surface area contributed by atoms with Crippen LogP contribution < -0.4 is 14.3 Å². The SMILES string of the molecule is CS(=O)(=O)N(CC(=O)Nc1ccc(S(=O)(=O)Nc2cccc3ccccc23)cc1)c1cccc(Cl)c1Cl. The van der Waals surface area contributed by atoms with E-state index < -0.39 is 32.5 Å². The van der Waals surface area contributed by atoms with Crippen molar-refractivity contribution in [1.29, 1.82) is 0 Å². The van der Waals surface area contributed by atoms with Crippen LogP contribution in [0, 0.1) is 0 Å². The molecule has 0 fully saturated rings. The summed E-state index contributed by atoms with van der Waals surface area (Å²) in [6, 6.07) is 22.7. The van der Waals surface area contributed by atoms with Gasteiger partial charge in [-0.2, -0.15) is 0 Å². The first-order chi connectivity index (χ1) is 17.5. The lowest BCUT2D eigenvalue weighted by molar-refractivity contribution is -0.114. The Hall–Kier alpha value is -3.31. The Morgan fingerprint density at radius 1 is 0.838 bits per heavy atom. The zero-order chi connectivity index (χ0) is 26.8. The number of sulfonamides is 2. The lowest BCUT2D eigenvalue weighted by Gasteiger charge is -2.23. The van der Waals surface area contributed by atoms with Crippen molar-refractivity contribution < 1.29 is 21.6 Å². The number of hydrogen-bond acceptors (Lipinski definition) is 5. The Balaban J connectivity index is 1.50. The highest BCUT2D eigenvalue weighted by molar-refractivity contribution is 7.92. The van der Waals surface area contributed by atoms with Crippen molar-refractivity contribution >= 4 is 77.0 Å². The maximum absolute atomic E-state index is 13.0. The number of carbonyl (C=O) groups excluding carboxylic acids is 1. The van der Waals surface area contributed by atoms with Crippen LogP contribution in [0.1, 0.15) is 0 Å². The molecule has 0 aliphatic heterocycles. The first-order valence-electron chi connectivity index (χ1n) is 10.8. The quantitative estimate of drug-likeness (QED) is 0.293. The van der Waals surface area contributed by atoms with Gasteiger partial charge in [0.1, 0.15) is 6.54 Å². The van der Waals surface area contributed by atoms with E-state index in [0.29, 0.717) is 5.69 Å². The third-order valence-electron chi connectivity index (χ3n) is 5.37. The van der Waals surface area contributed by atoms with E-state index in [2.05, 4.69) is 10.0 Å². The van der Waals surface area contributed by atoms with Gasteiger partial charge in [-0.1, -0.05) is 65.7 Å². The summed E-state index contributed by atoms with van der Waals surface area (Å²) < 4.78 is 54.0. The molecule has 4 rings (SSSR count). The van der Waals surface area contributed by atoms with Gasteiger partial charge in [-0.15, -0.1) is 0 Å². The molecule has 0 aliphatic rings. The second-order valence-corrected chi connectivity index (χ2v) is 12.4. The third kappa shape index (κ3) is 6.16. The highest BCUT2D eigenvalue weighted by Gasteiger charge is 2.24. The Labute approximate surface area is 224 Å². The topological polar surface area (TPSA) is 113 Å². The van der Waals surface area contributed by atoms with Crippen LogP contribution in [0.25, 0.3) is 10.8 Å². The van der Waals surface area contributed by atoms with Crippen LogP contribution in [-0.4, -0.2) is 35.5 Å². The van der Waals surface area contributed by atoms with Crippen LogP contribution in [0.3, 0.4) is 0 Å². The van der Waals surface area contributed by atoms with Crippen LogP contribution >= 0.6 is 23.2 Å². The highest BCUT2D eigenvalue weighted by atomic mass is 35.5. The van der Waals surface area contributed by atoms with E-state index in [9.17, 15) is 21.6 Å². The fraction of sp³-hybridized carbons (Fsp3) is 0.0800. The molecule has 0 radical (unpaired) electrons. The number of hydrogen-bond donors (Lipinski definition) is 2. The highest BCUT2D eigenvalue weighted by Crippen LogP contribution is 2.33. The Morgan fingerprint density at radius 3 is 2.19 bits per heavy atom. The molecule has 8 nitrogen and oxygen atoms in total. The van der Waals surface area contributed by atoms with Gasteiger partial charge < -0.3 is 5.32 Å². The van der Waals surface area contributed by atoms with Crippen molar-refractivity contribution in [2.75, 3.05) is 27.1 Å². The molecule has 1 amide bonds. The summed E-state index contributed by atoms with van der Waals surface area (Å²) in [6.45, 7) is -0.568. The van der Waals surface area contributed by atoms with Gasteiger partial charge in [0.25, 0.3) is 10.0 Å². The standard InChI is InChI=1S/C25H21Cl2N3O5S2/c1-36(32,33)30(23-11-5-9-21(26)25(23)27)16-24(31)28-18-12-14-19(15-13-18)37(34,35)29-22-10-4-7-17-6-2-3-8-20(17)22/h2-15,29H,16H2,1H3,(H,28,31). The molecule has 2 N–H and O–H groups in total. The van der Waals surface area contributed by atoms with Gasteiger partial charge in [-0.3, -0.25) is 13.8 Å². The summed E-state index contributed by atoms with van der Waals surface area (Å²) in [6.07, 6.45) is 0.945. The molecular weight excluding hydrogens is 557 g/mol. The maximum Gasteiger partial charge on any atom is 0.261 e. The largest absolute Gasteiger partial charge is 0.325 e. The minimum atomic E-state index is -3.91. The first-order valence-corrected chi connectivity index (χ1v) is 14.9. The third-order valence-corrected chi connectivity index (χ3v) is 8.69. The molecule has 0 spiro atoms. The Morgan fingerprint density at radius 2 is 1.49 bits per heavy atom. The van der Waals surface area contributed by atoms with E-state index in [0.717, 1.165) is 21.3 Å². The van der Waals surface area contributed by atoms with E-state index in [1.807, 2.05) is 30.3 Å². The van der Waals surface area contributed by atoms with E-state index in [4.69, 9.17) is 23.2 Å². The summed E-state index contributed by atoms with van der Waals surface area (Å²) in [7, 11) is -7.78. The summed E-state index contributed by atoms with van der Waals surface area (Å²) in [5.41, 5.74) is 0.781. The van der Waals surface area contributed by atoms with Crippen LogP contribution in [0.15, 0.2) is 89.8 Å². The molecule has 0 saturated carbocycles. The molecule has 0 heterocycles. The number of anilines is 3. The van der Waals surface area contributed by atoms with Gasteiger partial charge in [-0.25, -0.2) is 16.8 Å². The molecule has 37 heavy (non-hydrogen) atoms. The van der Waals surface area contributed by atoms with Crippen molar-refractivity contribution in [1.82, 2.24) is 0 Å². The average molecular weight is 578 g/mol. The predicted octanol–water partition coefficient (Wildman–Crippen LogP) is 5.35. The van der Waals surface area contributed by atoms with E-state index in [1.165, 1.54) is 42.5 Å². The number of amides is 1. The smallest absolute Gasteiger partial charge is 0.261 e. The number of benzene rings is 4. The summed E-state index contributed by atoms with van der Waals surface area (Å²) in [5.74, 6) is -0.661. The molecule has 0 aromatic heterocycles. The lowest BCUT2D eigenvalue weighted by atomic mass is 10.1. The zero-order valence-electron chi connectivity index (χ0n) is 19.4. The van der Waals surface area contributed by atoms with Crippen LogP contribution in [0.4, 0.5) is 17.1 Å². The Kier molecular flexibility index (Phi) is 7.65. The molecule has 4 aromatic carbocycles. The van der Waals surface area contributed by atoms with Crippen molar-refractivity contribution in [3.63, 3.8) is 0 Å². The van der Waals surface area contributed by atoms with Crippen molar-refractivity contribution in [2.24, 2.45) is 0 Å². The first kappa shape index (κ1) is 26.7. The fourth-order valence-electron chi connectivity index (χ4n) is 3.63. The number of fused-ring (bicyclic) bond motifs is 1. The van der Waals surface area contributed by atoms with E-state index in [-0.39, 0.29) is 26.3 Å². The number of carbonyl (C=O) groups is 1. The second-order valence-electron chi connectivity index (χ2n) is 8.05. The maximum atomic E-state index is 13.0. The van der Waals surface area contributed by atoms with Crippen molar-refractivity contribution in [2.45, 2.75) is 4.90 Å². The predicted molar refractivity (Wildman–Crippen MR) is 148 cm³/mol. The Bertz CT molecular complexity index is 1690. The molecule has 0 unspecified atom stereocenters. The summed E-state index contributed by atoms with van der Waals surface area (Å²) >= 11 is 12.2. The van der Waals surface area contributed by atoms with E-state index >= 15 is 0 Å². The lowest BCUT2D eigenvalue weighted by Crippen LogP contribution is -2.37. The van der Waals surface area contributed by atoms with Crippen molar-refractivity contribution in [3.8, 4) is 0 Å². The monoisotopic (exact) mass is 577 g/mol. The molecule has 0 saturated heterocycles. The van der Waals surface area contributed by atoms with Gasteiger partial charge in [0.2, 0.25) is 15.9 Å². The van der Waals surface area contributed by atoms with Crippen molar-refractivity contribution in [3.05, 3.63) is 95.0 Å². The average Bonchev–Trinajstić information content (AvgIpc) is 2.84. The summed E-state index contributed by atoms with van der Waals surface area (Å²) in [4.78, 5) is 12.7. The minimum Gasteiger partial charge on any atom is -0.325 e. The fourth-order valence-corrected chi connectivity index (χ4v) is 6.02. The van der Waals surface area contributed by atoms with E-state index in [1.54, 1.807) is 12.1 Å². The molecule has 4 aromatic rings. The molecule has 192 valence electrons. The molecule has 0 atom stereocenters. The second kappa shape index (κ2) is 10.6. The molecule has 0 aliphatic carbocycles. The number of nitrogens with zero attached hydrogens (tertiary/aromatic N) is 1. The number of halogens is 2. The zero-order valence-corrected chi connectivity index (χ0v) is 22.5. The molecular formula is C25H21Cl2N3O5S2. The van der Waals surface area contributed by atoms with Gasteiger partial charge >= 0.3 is 0 Å². The van der Waals surface area contributed by atoms with Crippen LogP contribution in [0.5, 0.6) is 0 Å². The van der Waals surface area contributed by atoms with Crippen LogP contribution in [-0.2, 0) is 24.8 Å². The molecule has 0 bridgehead atoms. The minimum absolute atomic E-state index is 0.00403. The summed E-state index contributed by atoms with van der Waals surface area (Å²) in [5, 5.41) is 4.35. The number of rotatable bonds is 8. The number of nitrogens with one attached hydrogen (secondary N) is 2. The van der Waals surface area contributed by atoms with Gasteiger partial charge in [-0.05, 0) is 47.9 Å². The van der Waals surface area contributed by atoms with Gasteiger partial charge in [0, 0.05) is 11.1 Å².